The third-order valence-electron chi connectivity index (χ3n) is 9.10. The van der Waals surface area contributed by atoms with Gasteiger partial charge in [-0.2, -0.15) is 0 Å². The van der Waals surface area contributed by atoms with Gasteiger partial charge in [0.25, 0.3) is 0 Å². The molecular formula is C41H24N6. The van der Waals surface area contributed by atoms with Crippen molar-refractivity contribution in [3.63, 3.8) is 0 Å². The van der Waals surface area contributed by atoms with Crippen molar-refractivity contribution in [1.29, 1.82) is 0 Å². The quantitative estimate of drug-likeness (QED) is 0.201. The summed E-state index contributed by atoms with van der Waals surface area (Å²) in [7, 11) is 0. The SMILES string of the molecule is c1ccc(-c2cc(-c3cccc(-c4c5c6ccccc6c6cccc(c65)c5nc6ncncc6n45)c3)nc(-c3ccccc3)n2)cc1. The van der Waals surface area contributed by atoms with Crippen LogP contribution in [-0.2, 0) is 0 Å². The Hall–Kier alpha value is -6.53. The highest BCUT2D eigenvalue weighted by molar-refractivity contribution is 6.35. The summed E-state index contributed by atoms with van der Waals surface area (Å²) in [6.45, 7) is 0. The zero-order valence-corrected chi connectivity index (χ0v) is 25.0. The number of hydrogen-bond acceptors (Lipinski definition) is 5. The molecule has 0 spiro atoms. The van der Waals surface area contributed by atoms with E-state index < -0.39 is 0 Å². The maximum Gasteiger partial charge on any atom is 0.181 e. The largest absolute Gasteiger partial charge is 0.288 e. The molecule has 4 aromatic heterocycles. The Morgan fingerprint density at radius 2 is 1.09 bits per heavy atom. The van der Waals surface area contributed by atoms with Crippen LogP contribution in [0.5, 0.6) is 0 Å². The van der Waals surface area contributed by atoms with Crippen LogP contribution in [0.2, 0.25) is 0 Å². The molecule has 10 aromatic rings. The average molecular weight is 601 g/mol. The lowest BCUT2D eigenvalue weighted by Gasteiger charge is -2.14. The summed E-state index contributed by atoms with van der Waals surface area (Å²) < 4.78 is 2.24. The normalized spacial score (nSPS) is 11.8. The minimum Gasteiger partial charge on any atom is -0.288 e. The van der Waals surface area contributed by atoms with Crippen LogP contribution in [0.3, 0.4) is 0 Å². The van der Waals surface area contributed by atoms with Gasteiger partial charge in [0.05, 0.1) is 23.3 Å². The summed E-state index contributed by atoms with van der Waals surface area (Å²) in [5.41, 5.74) is 9.28. The van der Waals surface area contributed by atoms with Crippen LogP contribution >= 0.6 is 0 Å². The van der Waals surface area contributed by atoms with E-state index in [-0.39, 0.29) is 0 Å². The highest BCUT2D eigenvalue weighted by atomic mass is 15.1. The lowest BCUT2D eigenvalue weighted by atomic mass is 9.98. The Bertz CT molecular complexity index is 2730. The molecule has 0 saturated carbocycles. The van der Waals surface area contributed by atoms with Crippen LogP contribution in [0, 0.1) is 0 Å². The molecule has 0 saturated heterocycles. The average Bonchev–Trinajstić information content (AvgIpc) is 3.70. The van der Waals surface area contributed by atoms with Gasteiger partial charge in [-0.1, -0.05) is 121 Å². The molecule has 0 radical (unpaired) electrons. The molecule has 0 unspecified atom stereocenters. The molecule has 0 aliphatic carbocycles. The van der Waals surface area contributed by atoms with Crippen LogP contribution in [0.15, 0.2) is 146 Å². The summed E-state index contributed by atoms with van der Waals surface area (Å²) in [6, 6.07) is 46.4. The number of hydrogen-bond donors (Lipinski definition) is 0. The van der Waals surface area contributed by atoms with Crippen molar-refractivity contribution < 1.29 is 0 Å². The lowest BCUT2D eigenvalue weighted by molar-refractivity contribution is 1.18. The van der Waals surface area contributed by atoms with Crippen molar-refractivity contribution >= 4 is 49.1 Å². The summed E-state index contributed by atoms with van der Waals surface area (Å²) in [5, 5.41) is 7.17. The van der Waals surface area contributed by atoms with Gasteiger partial charge < -0.3 is 0 Å². The molecular weight excluding hydrogens is 576 g/mol. The van der Waals surface area contributed by atoms with Crippen LogP contribution in [0.4, 0.5) is 0 Å². The number of pyridine rings is 1. The second-order valence-electron chi connectivity index (χ2n) is 11.8. The van der Waals surface area contributed by atoms with E-state index in [0.29, 0.717) is 11.5 Å². The van der Waals surface area contributed by atoms with E-state index in [2.05, 4.69) is 111 Å². The molecule has 0 aliphatic rings. The van der Waals surface area contributed by atoms with E-state index in [1.807, 2.05) is 42.6 Å². The summed E-state index contributed by atoms with van der Waals surface area (Å²) in [5.74, 6) is 0.690. The van der Waals surface area contributed by atoms with Crippen molar-refractivity contribution in [2.45, 2.75) is 0 Å². The third kappa shape index (κ3) is 3.88. The molecule has 10 rings (SSSR count). The number of nitrogens with zero attached hydrogens (tertiary/aromatic N) is 6. The lowest BCUT2D eigenvalue weighted by Crippen LogP contribution is -1.97. The first-order valence-corrected chi connectivity index (χ1v) is 15.6. The second kappa shape index (κ2) is 9.99. The summed E-state index contributed by atoms with van der Waals surface area (Å²) in [4.78, 5) is 24.2. The van der Waals surface area contributed by atoms with Gasteiger partial charge in [0.15, 0.2) is 11.5 Å². The number of fused-ring (bicyclic) bond motifs is 7. The van der Waals surface area contributed by atoms with E-state index in [1.165, 1.54) is 26.9 Å². The minimum atomic E-state index is 0.672. The van der Waals surface area contributed by atoms with Crippen LogP contribution in [0.25, 0.3) is 94.3 Å². The monoisotopic (exact) mass is 600 g/mol. The van der Waals surface area contributed by atoms with Crippen molar-refractivity contribution in [2.75, 3.05) is 0 Å². The van der Waals surface area contributed by atoms with Gasteiger partial charge in [-0.25, -0.2) is 24.9 Å². The molecule has 6 heteroatoms. The van der Waals surface area contributed by atoms with Gasteiger partial charge in [0.2, 0.25) is 0 Å². The molecule has 47 heavy (non-hydrogen) atoms. The fourth-order valence-corrected chi connectivity index (χ4v) is 7.06. The maximum absolute atomic E-state index is 5.12. The van der Waals surface area contributed by atoms with Gasteiger partial charge in [-0.05, 0) is 33.9 Å². The molecule has 0 bridgehead atoms. The van der Waals surface area contributed by atoms with Crippen LogP contribution < -0.4 is 0 Å². The smallest absolute Gasteiger partial charge is 0.181 e. The fourth-order valence-electron chi connectivity index (χ4n) is 7.06. The van der Waals surface area contributed by atoms with E-state index in [4.69, 9.17) is 15.0 Å². The minimum absolute atomic E-state index is 0.672. The Kier molecular flexibility index (Phi) is 5.48. The van der Waals surface area contributed by atoms with Gasteiger partial charge in [0, 0.05) is 32.8 Å². The Morgan fingerprint density at radius 1 is 0.468 bits per heavy atom. The van der Waals surface area contributed by atoms with Crippen molar-refractivity contribution in [2.24, 2.45) is 0 Å². The second-order valence-corrected chi connectivity index (χ2v) is 11.8. The first kappa shape index (κ1) is 25.8. The number of imidazole rings is 1. The molecule has 0 aliphatic heterocycles. The Labute approximate surface area is 269 Å². The molecule has 0 N–H and O–H groups in total. The Balaban J connectivity index is 1.29. The van der Waals surface area contributed by atoms with E-state index in [9.17, 15) is 0 Å². The van der Waals surface area contributed by atoms with Crippen molar-refractivity contribution in [3.8, 4) is 45.2 Å². The van der Waals surface area contributed by atoms with E-state index in [1.54, 1.807) is 6.33 Å². The van der Waals surface area contributed by atoms with Gasteiger partial charge in [0.1, 0.15) is 17.5 Å². The van der Waals surface area contributed by atoms with Gasteiger partial charge in [-0.15, -0.1) is 0 Å². The Morgan fingerprint density at radius 3 is 1.91 bits per heavy atom. The molecule has 0 fully saturated rings. The maximum atomic E-state index is 5.12. The van der Waals surface area contributed by atoms with Crippen molar-refractivity contribution in [1.82, 2.24) is 29.3 Å². The third-order valence-corrected chi connectivity index (χ3v) is 9.10. The first-order chi connectivity index (χ1) is 23.3. The zero-order chi connectivity index (χ0) is 30.9. The predicted octanol–water partition coefficient (Wildman–Crippen LogP) is 9.63. The molecule has 6 aromatic carbocycles. The van der Waals surface area contributed by atoms with E-state index in [0.717, 1.165) is 55.9 Å². The highest BCUT2D eigenvalue weighted by Gasteiger charge is 2.23. The molecule has 0 atom stereocenters. The first-order valence-electron chi connectivity index (χ1n) is 15.6. The fraction of sp³-hybridized carbons (Fsp3) is 0. The molecule has 4 heterocycles. The van der Waals surface area contributed by atoms with Crippen LogP contribution in [-0.4, -0.2) is 29.3 Å². The van der Waals surface area contributed by atoms with Gasteiger partial charge >= 0.3 is 0 Å². The molecule has 0 amide bonds. The number of benzene rings is 5. The summed E-state index contributed by atoms with van der Waals surface area (Å²) in [6.07, 6.45) is 3.43. The zero-order valence-electron chi connectivity index (χ0n) is 25.0. The standard InChI is InChI=1S/C41H24N6/c1-3-11-25(12-4-1)33-22-34(45-39(44-33)26-13-5-2-6-14-26)27-15-9-16-28(21-27)38-37-31-18-8-7-17-29(31)30-19-10-20-32(36(30)37)41-46-40-35(47(38)41)23-42-24-43-40/h1-24H. The van der Waals surface area contributed by atoms with Crippen molar-refractivity contribution in [3.05, 3.63) is 146 Å². The van der Waals surface area contributed by atoms with Gasteiger partial charge in [-0.3, -0.25) is 4.40 Å². The molecule has 6 nitrogen and oxygen atoms in total. The summed E-state index contributed by atoms with van der Waals surface area (Å²) >= 11 is 0. The van der Waals surface area contributed by atoms with Crippen LogP contribution in [0.1, 0.15) is 0 Å². The van der Waals surface area contributed by atoms with E-state index >= 15 is 0 Å². The topological polar surface area (TPSA) is 68.9 Å². The predicted molar refractivity (Wildman–Crippen MR) is 189 cm³/mol. The number of aromatic nitrogens is 6. The number of rotatable bonds is 4. The highest BCUT2D eigenvalue weighted by Crippen LogP contribution is 2.46. The molecule has 218 valence electrons.